The molecule has 0 saturated heterocycles. The maximum Gasteiger partial charge on any atom is 0.316 e. The quantitative estimate of drug-likeness (QED) is 0.509. The minimum Gasteiger partial charge on any atom is -0.461 e. The molecule has 9 heteroatoms. The first-order chi connectivity index (χ1) is 16.2. The molecule has 1 N–H and O–H groups in total. The Balaban J connectivity index is 1.70. The van der Waals surface area contributed by atoms with E-state index in [1.165, 1.54) is 12.4 Å². The molecule has 0 atom stereocenters. The largest absolute Gasteiger partial charge is 0.461 e. The van der Waals surface area contributed by atoms with Crippen LogP contribution in [0.1, 0.15) is 67.1 Å². The highest BCUT2D eigenvalue weighted by Gasteiger charge is 2.37. The molecule has 0 aliphatic heterocycles. The monoisotopic (exact) mass is 467 g/mol. The summed E-state index contributed by atoms with van der Waals surface area (Å²) in [6.07, 6.45) is 6.18. The minimum absolute atomic E-state index is 0.0929. The van der Waals surface area contributed by atoms with Crippen LogP contribution in [-0.4, -0.2) is 37.9 Å². The van der Waals surface area contributed by atoms with E-state index >= 15 is 0 Å². The Morgan fingerprint density at radius 2 is 1.79 bits per heavy atom. The van der Waals surface area contributed by atoms with Crippen molar-refractivity contribution in [3.63, 3.8) is 0 Å². The standard InChI is InChI=1S/C25H27F2N5O2/c1-15(2)34-24-30-13-18(14-31-24)23(33)32-22-19(20-16(3)5-4-11-28-20)8-12-29-21(22)17-6-9-25(26,27)10-7-17/h4-5,8,11-15,17H,6-7,9-10H2,1-3H3,(H,32,33). The molecule has 1 saturated carbocycles. The Bertz CT molecular complexity index is 1160. The zero-order valence-corrected chi connectivity index (χ0v) is 19.4. The van der Waals surface area contributed by atoms with Gasteiger partial charge in [-0.3, -0.25) is 14.8 Å². The maximum absolute atomic E-state index is 13.8. The molecule has 178 valence electrons. The normalized spacial score (nSPS) is 15.8. The van der Waals surface area contributed by atoms with Crippen molar-refractivity contribution in [2.75, 3.05) is 5.32 Å². The molecular weight excluding hydrogens is 440 g/mol. The molecule has 0 bridgehead atoms. The number of pyridine rings is 2. The van der Waals surface area contributed by atoms with E-state index in [0.717, 1.165) is 5.56 Å². The smallest absolute Gasteiger partial charge is 0.316 e. The van der Waals surface area contributed by atoms with Crippen LogP contribution in [0.3, 0.4) is 0 Å². The first-order valence-electron chi connectivity index (χ1n) is 11.3. The van der Waals surface area contributed by atoms with Gasteiger partial charge in [0.25, 0.3) is 5.91 Å². The molecule has 3 heterocycles. The summed E-state index contributed by atoms with van der Waals surface area (Å²) in [5, 5.41) is 2.95. The van der Waals surface area contributed by atoms with Crippen LogP contribution in [0.4, 0.5) is 14.5 Å². The van der Waals surface area contributed by atoms with Crippen molar-refractivity contribution in [2.45, 2.75) is 64.4 Å². The average Bonchev–Trinajstić information content (AvgIpc) is 2.80. The highest BCUT2D eigenvalue weighted by atomic mass is 19.3. The van der Waals surface area contributed by atoms with Gasteiger partial charge in [-0.25, -0.2) is 18.7 Å². The average molecular weight is 468 g/mol. The summed E-state index contributed by atoms with van der Waals surface area (Å²) >= 11 is 0. The van der Waals surface area contributed by atoms with Crippen LogP contribution < -0.4 is 10.1 Å². The van der Waals surface area contributed by atoms with Crippen molar-refractivity contribution >= 4 is 11.6 Å². The summed E-state index contributed by atoms with van der Waals surface area (Å²) < 4.78 is 33.1. The lowest BCUT2D eigenvalue weighted by atomic mass is 9.83. The highest BCUT2D eigenvalue weighted by molar-refractivity contribution is 6.06. The molecule has 1 fully saturated rings. The summed E-state index contributed by atoms with van der Waals surface area (Å²) in [4.78, 5) is 30.4. The number of alkyl halides is 2. The van der Waals surface area contributed by atoms with Crippen molar-refractivity contribution in [3.05, 3.63) is 59.8 Å². The third kappa shape index (κ3) is 5.35. The van der Waals surface area contributed by atoms with Crippen LogP contribution in [0.5, 0.6) is 6.01 Å². The SMILES string of the molecule is Cc1cccnc1-c1ccnc(C2CCC(F)(F)CC2)c1NC(=O)c1cnc(OC(C)C)nc1. The maximum atomic E-state index is 13.8. The second-order valence-corrected chi connectivity index (χ2v) is 8.79. The van der Waals surface area contributed by atoms with Crippen molar-refractivity contribution in [1.82, 2.24) is 19.9 Å². The Labute approximate surface area is 197 Å². The molecule has 4 rings (SSSR count). The van der Waals surface area contributed by atoms with E-state index in [-0.39, 0.29) is 49.3 Å². The number of rotatable bonds is 6. The fourth-order valence-electron chi connectivity index (χ4n) is 4.09. The zero-order chi connectivity index (χ0) is 24.3. The van der Waals surface area contributed by atoms with E-state index < -0.39 is 11.8 Å². The highest BCUT2D eigenvalue weighted by Crippen LogP contribution is 2.44. The van der Waals surface area contributed by atoms with Crippen LogP contribution in [0, 0.1) is 6.92 Å². The summed E-state index contributed by atoms with van der Waals surface area (Å²) in [6, 6.07) is 5.72. The lowest BCUT2D eigenvalue weighted by Crippen LogP contribution is -2.25. The number of halogens is 2. The Hall–Kier alpha value is -3.49. The number of carbonyl (C=O) groups is 1. The predicted molar refractivity (Wildman–Crippen MR) is 124 cm³/mol. The second-order valence-electron chi connectivity index (χ2n) is 8.79. The fourth-order valence-corrected chi connectivity index (χ4v) is 4.09. The fraction of sp³-hybridized carbons (Fsp3) is 0.400. The van der Waals surface area contributed by atoms with E-state index in [4.69, 9.17) is 4.74 Å². The molecule has 0 aromatic carbocycles. The van der Waals surface area contributed by atoms with Crippen molar-refractivity contribution in [2.24, 2.45) is 0 Å². The van der Waals surface area contributed by atoms with Gasteiger partial charge in [0.15, 0.2) is 0 Å². The van der Waals surface area contributed by atoms with Crippen molar-refractivity contribution in [3.8, 4) is 17.3 Å². The number of nitrogens with one attached hydrogen (secondary N) is 1. The van der Waals surface area contributed by atoms with Crippen molar-refractivity contribution < 1.29 is 18.3 Å². The Morgan fingerprint density at radius 3 is 2.44 bits per heavy atom. The number of aryl methyl sites for hydroxylation is 1. The predicted octanol–water partition coefficient (Wildman–Crippen LogP) is 5.57. The number of aromatic nitrogens is 4. The molecular formula is C25H27F2N5O2. The van der Waals surface area contributed by atoms with Gasteiger partial charge in [0.2, 0.25) is 5.92 Å². The lowest BCUT2D eigenvalue weighted by Gasteiger charge is -2.29. The first kappa shape index (κ1) is 23.7. The number of hydrogen-bond donors (Lipinski definition) is 1. The van der Waals surface area contributed by atoms with Gasteiger partial charge in [-0.1, -0.05) is 6.07 Å². The van der Waals surface area contributed by atoms with Crippen LogP contribution in [0.2, 0.25) is 0 Å². The number of anilines is 1. The van der Waals surface area contributed by atoms with E-state index in [9.17, 15) is 13.6 Å². The summed E-state index contributed by atoms with van der Waals surface area (Å²) in [5.41, 5.74) is 3.61. The van der Waals surface area contributed by atoms with Gasteiger partial charge in [0.05, 0.1) is 28.7 Å². The van der Waals surface area contributed by atoms with Crippen LogP contribution in [-0.2, 0) is 0 Å². The van der Waals surface area contributed by atoms with Crippen LogP contribution >= 0.6 is 0 Å². The van der Waals surface area contributed by atoms with Gasteiger partial charge < -0.3 is 10.1 Å². The van der Waals surface area contributed by atoms with Gasteiger partial charge in [0.1, 0.15) is 0 Å². The molecule has 34 heavy (non-hydrogen) atoms. The minimum atomic E-state index is -2.66. The summed E-state index contributed by atoms with van der Waals surface area (Å²) in [5.74, 6) is -3.29. The Kier molecular flexibility index (Phi) is 6.81. The van der Waals surface area contributed by atoms with E-state index in [2.05, 4.69) is 25.3 Å². The lowest BCUT2D eigenvalue weighted by molar-refractivity contribution is -0.0384. The van der Waals surface area contributed by atoms with Crippen molar-refractivity contribution in [1.29, 1.82) is 0 Å². The number of carbonyl (C=O) groups excluding carboxylic acids is 1. The third-order valence-corrected chi connectivity index (χ3v) is 5.82. The van der Waals surface area contributed by atoms with Gasteiger partial charge in [0, 0.05) is 49.1 Å². The zero-order valence-electron chi connectivity index (χ0n) is 19.4. The number of amides is 1. The number of hydrogen-bond acceptors (Lipinski definition) is 6. The number of ether oxygens (including phenoxy) is 1. The third-order valence-electron chi connectivity index (χ3n) is 5.82. The summed E-state index contributed by atoms with van der Waals surface area (Å²) in [7, 11) is 0. The van der Waals surface area contributed by atoms with Crippen LogP contribution in [0.15, 0.2) is 43.0 Å². The van der Waals surface area contributed by atoms with Gasteiger partial charge in [-0.2, -0.15) is 0 Å². The first-order valence-corrected chi connectivity index (χ1v) is 11.3. The molecule has 0 unspecified atom stereocenters. The molecule has 1 amide bonds. The van der Waals surface area contributed by atoms with E-state index in [1.54, 1.807) is 18.5 Å². The molecule has 1 aliphatic rings. The van der Waals surface area contributed by atoms with E-state index in [0.29, 0.717) is 22.6 Å². The van der Waals surface area contributed by atoms with Gasteiger partial charge in [-0.15, -0.1) is 0 Å². The van der Waals surface area contributed by atoms with E-state index in [1.807, 2.05) is 32.9 Å². The molecule has 1 aliphatic carbocycles. The topological polar surface area (TPSA) is 89.9 Å². The molecule has 0 radical (unpaired) electrons. The Morgan fingerprint density at radius 1 is 1.09 bits per heavy atom. The van der Waals surface area contributed by atoms with Gasteiger partial charge in [-0.05, 0) is 51.3 Å². The molecule has 0 spiro atoms. The van der Waals surface area contributed by atoms with Crippen LogP contribution in [0.25, 0.3) is 11.3 Å². The summed E-state index contributed by atoms with van der Waals surface area (Å²) in [6.45, 7) is 5.64. The van der Waals surface area contributed by atoms with Gasteiger partial charge >= 0.3 is 6.01 Å². The molecule has 7 nitrogen and oxygen atoms in total. The molecule has 3 aromatic heterocycles. The second kappa shape index (κ2) is 9.79. The number of nitrogens with zero attached hydrogens (tertiary/aromatic N) is 4. The molecule has 3 aromatic rings.